The minimum absolute atomic E-state index is 0.0959. The Kier molecular flexibility index (Phi) is 2.70. The van der Waals surface area contributed by atoms with Crippen molar-refractivity contribution in [1.29, 1.82) is 0 Å². The van der Waals surface area contributed by atoms with Crippen molar-refractivity contribution in [3.63, 3.8) is 0 Å². The molecule has 1 heterocycles. The lowest BCUT2D eigenvalue weighted by Gasteiger charge is -2.13. The smallest absolute Gasteiger partial charge is 0.211 e. The summed E-state index contributed by atoms with van der Waals surface area (Å²) in [6.45, 7) is 2.51. The van der Waals surface area contributed by atoms with Gasteiger partial charge in [0.1, 0.15) is 5.82 Å². The number of rotatable bonds is 4. The van der Waals surface area contributed by atoms with Crippen LogP contribution in [0.15, 0.2) is 0 Å². The topological polar surface area (TPSA) is 81.0 Å². The predicted octanol–water partition coefficient (Wildman–Crippen LogP) is -0.739. The van der Waals surface area contributed by atoms with Crippen LogP contribution in [0, 0.1) is 12.8 Å². The monoisotopic (exact) mass is 245 g/mol. The van der Waals surface area contributed by atoms with E-state index in [2.05, 4.69) is 15.5 Å². The van der Waals surface area contributed by atoms with Gasteiger partial charge in [-0.2, -0.15) is 0 Å². The lowest BCUT2D eigenvalue weighted by molar-refractivity contribution is 0.424. The van der Waals surface area contributed by atoms with Crippen molar-refractivity contribution >= 4 is 10.0 Å². The van der Waals surface area contributed by atoms with Gasteiger partial charge < -0.3 is 0 Å². The molecule has 1 aromatic rings. The molecule has 1 fully saturated rings. The average Bonchev–Trinajstić information content (AvgIpc) is 2.81. The second-order valence-corrected chi connectivity index (χ2v) is 6.29. The van der Waals surface area contributed by atoms with Crippen molar-refractivity contribution in [2.75, 3.05) is 13.3 Å². The molecule has 0 saturated heterocycles. The van der Waals surface area contributed by atoms with Gasteiger partial charge in [0.15, 0.2) is 0 Å². The van der Waals surface area contributed by atoms with Crippen molar-refractivity contribution < 1.29 is 8.42 Å². The quantitative estimate of drug-likeness (QED) is 0.698. The maximum Gasteiger partial charge on any atom is 0.211 e. The number of aryl methyl sites for hydroxylation is 1. The van der Waals surface area contributed by atoms with Gasteiger partial charge in [0, 0.05) is 19.6 Å². The molecule has 16 heavy (non-hydrogen) atoms. The highest BCUT2D eigenvalue weighted by molar-refractivity contribution is 7.88. The highest BCUT2D eigenvalue weighted by Gasteiger charge is 2.43. The molecule has 0 aliphatic heterocycles. The Labute approximate surface area is 94.5 Å². The van der Waals surface area contributed by atoms with Gasteiger partial charge in [-0.25, -0.2) is 17.4 Å². The van der Waals surface area contributed by atoms with Gasteiger partial charge in [0.2, 0.25) is 10.0 Å². The molecule has 7 nitrogen and oxygen atoms in total. The Bertz CT molecular complexity index is 482. The molecule has 1 aromatic heterocycles. The SMILES string of the molecule is Cc1nnnn1CC1CC1N(C)S(C)(=O)=O. The zero-order valence-corrected chi connectivity index (χ0v) is 10.3. The van der Waals surface area contributed by atoms with E-state index in [1.54, 1.807) is 11.7 Å². The molecule has 2 rings (SSSR count). The van der Waals surface area contributed by atoms with Crippen LogP contribution in [0.3, 0.4) is 0 Å². The van der Waals surface area contributed by atoms with Crippen LogP contribution in [0.4, 0.5) is 0 Å². The van der Waals surface area contributed by atoms with Crippen LogP contribution in [0.1, 0.15) is 12.2 Å². The molecule has 2 atom stereocenters. The van der Waals surface area contributed by atoms with E-state index in [0.29, 0.717) is 12.5 Å². The summed E-state index contributed by atoms with van der Waals surface area (Å²) in [5.74, 6) is 1.08. The molecule has 0 N–H and O–H groups in total. The van der Waals surface area contributed by atoms with Crippen molar-refractivity contribution in [1.82, 2.24) is 24.5 Å². The molecular formula is C8H15N5O2S. The van der Waals surface area contributed by atoms with Crippen molar-refractivity contribution in [2.24, 2.45) is 5.92 Å². The van der Waals surface area contributed by atoms with E-state index in [9.17, 15) is 8.42 Å². The molecule has 0 spiro atoms. The maximum atomic E-state index is 11.3. The second-order valence-electron chi connectivity index (χ2n) is 4.25. The molecule has 8 heteroatoms. The first-order chi connectivity index (χ1) is 7.39. The summed E-state index contributed by atoms with van der Waals surface area (Å²) in [5, 5.41) is 11.2. The van der Waals surface area contributed by atoms with E-state index in [4.69, 9.17) is 0 Å². The van der Waals surface area contributed by atoms with E-state index >= 15 is 0 Å². The third kappa shape index (κ3) is 2.22. The van der Waals surface area contributed by atoms with E-state index in [-0.39, 0.29) is 6.04 Å². The first-order valence-electron chi connectivity index (χ1n) is 5.05. The Morgan fingerprint density at radius 3 is 2.75 bits per heavy atom. The van der Waals surface area contributed by atoms with E-state index in [0.717, 1.165) is 12.2 Å². The van der Waals surface area contributed by atoms with E-state index in [1.165, 1.54) is 10.6 Å². The van der Waals surface area contributed by atoms with Crippen molar-refractivity contribution in [2.45, 2.75) is 25.9 Å². The van der Waals surface area contributed by atoms with E-state index in [1.807, 2.05) is 6.92 Å². The lowest BCUT2D eigenvalue weighted by Crippen LogP contribution is -2.29. The first-order valence-corrected chi connectivity index (χ1v) is 6.90. The summed E-state index contributed by atoms with van der Waals surface area (Å²) < 4.78 is 25.7. The van der Waals surface area contributed by atoms with Crippen LogP contribution in [0.5, 0.6) is 0 Å². The molecule has 0 aromatic carbocycles. The van der Waals surface area contributed by atoms with Gasteiger partial charge in [-0.15, -0.1) is 5.10 Å². The molecular weight excluding hydrogens is 230 g/mol. The van der Waals surface area contributed by atoms with E-state index < -0.39 is 10.0 Å². The lowest BCUT2D eigenvalue weighted by atomic mass is 10.4. The van der Waals surface area contributed by atoms with Gasteiger partial charge >= 0.3 is 0 Å². The number of nitrogens with zero attached hydrogens (tertiary/aromatic N) is 5. The summed E-state index contributed by atoms with van der Waals surface area (Å²) in [5.41, 5.74) is 0. The van der Waals surface area contributed by atoms with Gasteiger partial charge in [0.25, 0.3) is 0 Å². The van der Waals surface area contributed by atoms with Crippen LogP contribution in [0.2, 0.25) is 0 Å². The summed E-state index contributed by atoms with van der Waals surface area (Å²) in [6.07, 6.45) is 2.10. The van der Waals surface area contributed by atoms with Crippen LogP contribution in [0.25, 0.3) is 0 Å². The standard InChI is InChI=1S/C8H15N5O2S/c1-6-9-10-11-13(6)5-7-4-8(7)12(2)16(3,14)15/h7-8H,4-5H2,1-3H3. The zero-order chi connectivity index (χ0) is 11.9. The number of sulfonamides is 1. The Morgan fingerprint density at radius 1 is 1.56 bits per heavy atom. The normalized spacial score (nSPS) is 25.0. The van der Waals surface area contributed by atoms with Crippen LogP contribution < -0.4 is 0 Å². The van der Waals surface area contributed by atoms with Gasteiger partial charge in [0.05, 0.1) is 6.26 Å². The Hall–Kier alpha value is -1.02. The van der Waals surface area contributed by atoms with Crippen molar-refractivity contribution in [3.8, 4) is 0 Å². The summed E-state index contributed by atoms with van der Waals surface area (Å²) in [6, 6.07) is 0.0959. The highest BCUT2D eigenvalue weighted by Crippen LogP contribution is 2.37. The molecule has 2 unspecified atom stereocenters. The molecule has 1 aliphatic rings. The van der Waals surface area contributed by atoms with Crippen molar-refractivity contribution in [3.05, 3.63) is 5.82 Å². The minimum Gasteiger partial charge on any atom is -0.230 e. The highest BCUT2D eigenvalue weighted by atomic mass is 32.2. The number of hydrogen-bond acceptors (Lipinski definition) is 5. The fourth-order valence-electron chi connectivity index (χ4n) is 1.76. The molecule has 1 aliphatic carbocycles. The third-order valence-electron chi connectivity index (χ3n) is 2.99. The molecule has 1 saturated carbocycles. The summed E-state index contributed by atoms with van der Waals surface area (Å²) in [4.78, 5) is 0. The zero-order valence-electron chi connectivity index (χ0n) is 9.53. The number of tetrazole rings is 1. The molecule has 0 radical (unpaired) electrons. The fraction of sp³-hybridized carbons (Fsp3) is 0.875. The minimum atomic E-state index is -3.09. The average molecular weight is 245 g/mol. The molecule has 0 bridgehead atoms. The maximum absolute atomic E-state index is 11.3. The molecule has 90 valence electrons. The largest absolute Gasteiger partial charge is 0.230 e. The molecule has 0 amide bonds. The third-order valence-corrected chi connectivity index (χ3v) is 4.31. The summed E-state index contributed by atoms with van der Waals surface area (Å²) in [7, 11) is -1.47. The van der Waals surface area contributed by atoms with Crippen LogP contribution >= 0.6 is 0 Å². The van der Waals surface area contributed by atoms with Gasteiger partial charge in [-0.3, -0.25) is 0 Å². The van der Waals surface area contributed by atoms with Crippen LogP contribution in [-0.4, -0.2) is 52.3 Å². The fourth-order valence-corrected chi connectivity index (χ4v) is 2.51. The van der Waals surface area contributed by atoms with Gasteiger partial charge in [-0.05, 0) is 29.7 Å². The summed E-state index contributed by atoms with van der Waals surface area (Å²) >= 11 is 0. The first kappa shape index (κ1) is 11.5. The Morgan fingerprint density at radius 2 is 2.25 bits per heavy atom. The number of aromatic nitrogens is 4. The number of hydrogen-bond donors (Lipinski definition) is 0. The van der Waals surface area contributed by atoms with Gasteiger partial charge in [-0.1, -0.05) is 0 Å². The predicted molar refractivity (Wildman–Crippen MR) is 57.1 cm³/mol. The second kappa shape index (κ2) is 3.77. The Balaban J connectivity index is 1.96. The van der Waals surface area contributed by atoms with Crippen LogP contribution in [-0.2, 0) is 16.6 Å².